The third-order valence-corrected chi connectivity index (χ3v) is 5.77. The molecule has 0 aliphatic carbocycles. The van der Waals surface area contributed by atoms with Crippen LogP contribution >= 0.6 is 15.9 Å². The van der Waals surface area contributed by atoms with Gasteiger partial charge in [0, 0.05) is 53.0 Å². The Kier molecular flexibility index (Phi) is 5.15. The van der Waals surface area contributed by atoms with Gasteiger partial charge in [0.15, 0.2) is 0 Å². The van der Waals surface area contributed by atoms with Crippen LogP contribution in [0.1, 0.15) is 12.0 Å². The van der Waals surface area contributed by atoms with Crippen molar-refractivity contribution < 1.29 is 8.78 Å². The largest absolute Gasteiger partial charge is 0.324 e. The van der Waals surface area contributed by atoms with E-state index in [4.69, 9.17) is 0 Å². The summed E-state index contributed by atoms with van der Waals surface area (Å²) in [5.74, 6) is -2.14. The number of rotatable bonds is 5. The number of aromatic amines is 1. The van der Waals surface area contributed by atoms with Crippen molar-refractivity contribution in [1.82, 2.24) is 25.1 Å². The topological polar surface area (TPSA) is 69.7 Å². The third kappa shape index (κ3) is 4.57. The average Bonchev–Trinajstić information content (AvgIpc) is 3.38. The number of benzene rings is 2. The van der Waals surface area contributed by atoms with E-state index in [1.54, 1.807) is 23.5 Å². The van der Waals surface area contributed by atoms with Crippen LogP contribution in [-0.4, -0.2) is 44.1 Å². The van der Waals surface area contributed by atoms with E-state index >= 15 is 0 Å². The van der Waals surface area contributed by atoms with Crippen LogP contribution in [0.25, 0.3) is 22.0 Å². The Hall–Kier alpha value is -2.91. The molecule has 6 nitrogen and oxygen atoms in total. The molecule has 0 atom stereocenters. The van der Waals surface area contributed by atoms with E-state index in [1.807, 2.05) is 36.4 Å². The molecule has 1 saturated heterocycles. The second-order valence-corrected chi connectivity index (χ2v) is 8.66. The molecule has 0 radical (unpaired) electrons. The molecule has 9 heteroatoms. The minimum atomic E-state index is -2.61. The summed E-state index contributed by atoms with van der Waals surface area (Å²) in [5.41, 5.74) is 4.40. The lowest BCUT2D eigenvalue weighted by Crippen LogP contribution is -2.24. The molecule has 2 aromatic heterocycles. The zero-order chi connectivity index (χ0) is 21.4. The van der Waals surface area contributed by atoms with Gasteiger partial charge < -0.3 is 5.32 Å². The molecular weight excluding hydrogens is 466 g/mol. The smallest absolute Gasteiger partial charge is 0.261 e. The Morgan fingerprint density at radius 1 is 1.13 bits per heavy atom. The summed E-state index contributed by atoms with van der Waals surface area (Å²) in [6.07, 6.45) is 5.21. The lowest BCUT2D eigenvalue weighted by molar-refractivity contribution is 0.0115. The van der Waals surface area contributed by atoms with Gasteiger partial charge in [0.2, 0.25) is 5.95 Å². The van der Waals surface area contributed by atoms with Gasteiger partial charge in [0.25, 0.3) is 5.92 Å². The number of alkyl halides is 2. The van der Waals surface area contributed by atoms with E-state index in [0.717, 1.165) is 37.8 Å². The molecule has 1 aliphatic rings. The Morgan fingerprint density at radius 2 is 2.03 bits per heavy atom. The van der Waals surface area contributed by atoms with Crippen molar-refractivity contribution in [1.29, 1.82) is 0 Å². The van der Waals surface area contributed by atoms with Crippen LogP contribution in [-0.2, 0) is 6.54 Å². The first-order valence-corrected chi connectivity index (χ1v) is 10.7. The molecule has 0 bridgehead atoms. The molecule has 31 heavy (non-hydrogen) atoms. The van der Waals surface area contributed by atoms with Crippen molar-refractivity contribution in [3.8, 4) is 11.1 Å². The number of aromatic nitrogens is 4. The lowest BCUT2D eigenvalue weighted by Gasteiger charge is -2.17. The van der Waals surface area contributed by atoms with E-state index in [-0.39, 0.29) is 13.0 Å². The summed E-state index contributed by atoms with van der Waals surface area (Å²) < 4.78 is 28.2. The molecular formula is C22H19BrF2N6. The zero-order valence-electron chi connectivity index (χ0n) is 16.4. The Morgan fingerprint density at radius 3 is 2.81 bits per heavy atom. The maximum absolute atomic E-state index is 13.6. The van der Waals surface area contributed by atoms with Crippen LogP contribution in [0.4, 0.5) is 20.4 Å². The maximum Gasteiger partial charge on any atom is 0.261 e. The monoisotopic (exact) mass is 484 g/mol. The summed E-state index contributed by atoms with van der Waals surface area (Å²) in [6.45, 7) is 0.618. The normalized spacial score (nSPS) is 16.1. The number of halogens is 3. The summed E-state index contributed by atoms with van der Waals surface area (Å²) >= 11 is 3.45. The van der Waals surface area contributed by atoms with Gasteiger partial charge in [0.05, 0.1) is 18.3 Å². The molecule has 0 spiro atoms. The van der Waals surface area contributed by atoms with Gasteiger partial charge in [-0.1, -0.05) is 15.9 Å². The van der Waals surface area contributed by atoms with Gasteiger partial charge in [-0.2, -0.15) is 5.10 Å². The van der Waals surface area contributed by atoms with Crippen molar-refractivity contribution in [3.63, 3.8) is 0 Å². The molecule has 4 aromatic rings. The summed E-state index contributed by atoms with van der Waals surface area (Å²) in [4.78, 5) is 10.8. The first kappa shape index (κ1) is 20.0. The Bertz CT molecular complexity index is 1230. The number of H-pyrrole nitrogens is 1. The first-order valence-electron chi connectivity index (χ1n) is 9.86. The standard InChI is InChI=1S/C22H19BrF2N6/c23-18-1-2-20-16(7-18)9-26-21(30-20)29-19-6-14(12-31-4-3-22(24,25)13-31)5-15(8-19)17-10-27-28-11-17/h1-2,5-11H,3-4,12-13H2,(H,27,28)(H,26,29,30). The SMILES string of the molecule is FC1(F)CCN(Cc2cc(Nc3ncc4cc(Br)ccc4n3)cc(-c3cn[nH]c3)c2)C1. The lowest BCUT2D eigenvalue weighted by atomic mass is 10.0. The summed E-state index contributed by atoms with van der Waals surface area (Å²) in [7, 11) is 0. The molecule has 158 valence electrons. The second-order valence-electron chi connectivity index (χ2n) is 7.74. The Balaban J connectivity index is 1.45. The zero-order valence-corrected chi connectivity index (χ0v) is 18.0. The van der Waals surface area contributed by atoms with Gasteiger partial charge in [-0.15, -0.1) is 0 Å². The van der Waals surface area contributed by atoms with Crippen molar-refractivity contribution in [2.45, 2.75) is 18.9 Å². The fourth-order valence-corrected chi connectivity index (χ4v) is 4.20. The predicted molar refractivity (Wildman–Crippen MR) is 119 cm³/mol. The van der Waals surface area contributed by atoms with E-state index in [0.29, 0.717) is 19.0 Å². The van der Waals surface area contributed by atoms with Crippen LogP contribution < -0.4 is 5.32 Å². The highest BCUT2D eigenvalue weighted by molar-refractivity contribution is 9.10. The number of likely N-dealkylation sites (tertiary alicyclic amines) is 1. The number of hydrogen-bond acceptors (Lipinski definition) is 5. The predicted octanol–water partition coefficient (Wildman–Crippen LogP) is 5.37. The number of nitrogens with zero attached hydrogens (tertiary/aromatic N) is 4. The van der Waals surface area contributed by atoms with Crippen molar-refractivity contribution in [3.05, 3.63) is 65.0 Å². The van der Waals surface area contributed by atoms with Crippen LogP contribution in [0.2, 0.25) is 0 Å². The van der Waals surface area contributed by atoms with E-state index in [9.17, 15) is 8.78 Å². The molecule has 3 heterocycles. The molecule has 2 aromatic carbocycles. The number of nitrogens with one attached hydrogen (secondary N) is 2. The van der Waals surface area contributed by atoms with Gasteiger partial charge in [-0.3, -0.25) is 10.00 Å². The number of fused-ring (bicyclic) bond motifs is 1. The van der Waals surface area contributed by atoms with E-state index in [2.05, 4.69) is 41.4 Å². The molecule has 1 aliphatic heterocycles. The van der Waals surface area contributed by atoms with E-state index < -0.39 is 5.92 Å². The second kappa shape index (κ2) is 7.97. The van der Waals surface area contributed by atoms with Gasteiger partial charge in [-0.25, -0.2) is 18.7 Å². The van der Waals surface area contributed by atoms with Crippen molar-refractivity contribution in [2.24, 2.45) is 0 Å². The average molecular weight is 485 g/mol. The van der Waals surface area contributed by atoms with Crippen LogP contribution in [0.15, 0.2) is 59.5 Å². The van der Waals surface area contributed by atoms with Crippen LogP contribution in [0, 0.1) is 0 Å². The minimum absolute atomic E-state index is 0.0967. The Labute approximate surface area is 185 Å². The molecule has 1 fully saturated rings. The highest BCUT2D eigenvalue weighted by Gasteiger charge is 2.37. The van der Waals surface area contributed by atoms with Crippen LogP contribution in [0.3, 0.4) is 0 Å². The quantitative estimate of drug-likeness (QED) is 0.398. The van der Waals surface area contributed by atoms with E-state index in [1.165, 1.54) is 0 Å². The molecule has 0 unspecified atom stereocenters. The molecule has 0 saturated carbocycles. The minimum Gasteiger partial charge on any atom is -0.324 e. The molecule has 2 N–H and O–H groups in total. The maximum atomic E-state index is 13.6. The van der Waals surface area contributed by atoms with Crippen LogP contribution in [0.5, 0.6) is 0 Å². The molecule has 0 amide bonds. The highest BCUT2D eigenvalue weighted by Crippen LogP contribution is 2.31. The van der Waals surface area contributed by atoms with Gasteiger partial charge in [0.1, 0.15) is 0 Å². The summed E-state index contributed by atoms with van der Waals surface area (Å²) in [6, 6.07) is 11.8. The fraction of sp³-hybridized carbons (Fsp3) is 0.227. The van der Waals surface area contributed by atoms with Crippen molar-refractivity contribution >= 4 is 38.5 Å². The fourth-order valence-electron chi connectivity index (χ4n) is 3.82. The van der Waals surface area contributed by atoms with Crippen molar-refractivity contribution in [2.75, 3.05) is 18.4 Å². The third-order valence-electron chi connectivity index (χ3n) is 5.28. The molecule has 5 rings (SSSR count). The highest BCUT2D eigenvalue weighted by atomic mass is 79.9. The summed E-state index contributed by atoms with van der Waals surface area (Å²) in [5, 5.41) is 11.0. The van der Waals surface area contributed by atoms with Gasteiger partial charge >= 0.3 is 0 Å². The number of hydrogen-bond donors (Lipinski definition) is 2. The first-order chi connectivity index (χ1) is 14.9. The van der Waals surface area contributed by atoms with Gasteiger partial charge in [-0.05, 0) is 47.5 Å². The number of anilines is 2.